The lowest BCUT2D eigenvalue weighted by molar-refractivity contribution is -0.122. The summed E-state index contributed by atoms with van der Waals surface area (Å²) in [6.07, 6.45) is 4.31. The van der Waals surface area contributed by atoms with Crippen LogP contribution in [0.15, 0.2) is 24.3 Å². The van der Waals surface area contributed by atoms with Gasteiger partial charge in [0.1, 0.15) is 5.82 Å². The molecule has 0 unspecified atom stereocenters. The lowest BCUT2D eigenvalue weighted by Crippen LogP contribution is -2.52. The van der Waals surface area contributed by atoms with Gasteiger partial charge in [-0.2, -0.15) is 0 Å². The van der Waals surface area contributed by atoms with E-state index in [2.05, 4.69) is 5.32 Å². The van der Waals surface area contributed by atoms with Crippen LogP contribution in [0, 0.1) is 5.82 Å². The molecule has 0 radical (unpaired) electrons. The Morgan fingerprint density at radius 1 is 1.39 bits per heavy atom. The summed E-state index contributed by atoms with van der Waals surface area (Å²) < 4.78 is 13.0. The molecule has 98 valence electrons. The molecule has 1 amide bonds. The second kappa shape index (κ2) is 5.48. The standard InChI is InChI=1S/C14H19FN2O/c15-12-5-3-4-11(8-12)9-13(18)17-14(10-16)6-1-2-7-14/h3-5,8H,1-2,6-7,9-10,16H2,(H,17,18). The first kappa shape index (κ1) is 13.0. The number of hydrogen-bond acceptors (Lipinski definition) is 2. The Hall–Kier alpha value is -1.42. The molecule has 1 aromatic rings. The molecule has 0 aliphatic heterocycles. The zero-order chi connectivity index (χ0) is 13.0. The zero-order valence-corrected chi connectivity index (χ0v) is 10.4. The monoisotopic (exact) mass is 250 g/mol. The van der Waals surface area contributed by atoms with E-state index < -0.39 is 0 Å². The first-order valence-electron chi connectivity index (χ1n) is 6.39. The van der Waals surface area contributed by atoms with Crippen LogP contribution < -0.4 is 11.1 Å². The van der Waals surface area contributed by atoms with Gasteiger partial charge in [-0.15, -0.1) is 0 Å². The van der Waals surface area contributed by atoms with E-state index in [4.69, 9.17) is 5.73 Å². The molecular weight excluding hydrogens is 231 g/mol. The van der Waals surface area contributed by atoms with Crippen LogP contribution in [-0.4, -0.2) is 18.0 Å². The molecule has 0 spiro atoms. The van der Waals surface area contributed by atoms with Gasteiger partial charge in [-0.1, -0.05) is 25.0 Å². The van der Waals surface area contributed by atoms with E-state index in [1.165, 1.54) is 12.1 Å². The third-order valence-electron chi connectivity index (χ3n) is 3.61. The van der Waals surface area contributed by atoms with E-state index in [0.717, 1.165) is 25.7 Å². The van der Waals surface area contributed by atoms with Crippen molar-refractivity contribution in [3.05, 3.63) is 35.6 Å². The van der Waals surface area contributed by atoms with Gasteiger partial charge in [-0.25, -0.2) is 4.39 Å². The maximum Gasteiger partial charge on any atom is 0.224 e. The molecule has 1 aliphatic rings. The molecule has 1 fully saturated rings. The third kappa shape index (κ3) is 3.07. The minimum absolute atomic E-state index is 0.0760. The summed E-state index contributed by atoms with van der Waals surface area (Å²) in [7, 11) is 0. The number of halogens is 1. The van der Waals surface area contributed by atoms with Crippen molar-refractivity contribution in [1.29, 1.82) is 0 Å². The van der Waals surface area contributed by atoms with E-state index in [1.807, 2.05) is 0 Å². The van der Waals surface area contributed by atoms with Gasteiger partial charge in [0.2, 0.25) is 5.91 Å². The number of nitrogens with two attached hydrogens (primary N) is 1. The Balaban J connectivity index is 1.96. The van der Waals surface area contributed by atoms with Crippen LogP contribution in [0.25, 0.3) is 0 Å². The highest BCUT2D eigenvalue weighted by molar-refractivity contribution is 5.79. The van der Waals surface area contributed by atoms with Gasteiger partial charge in [0.05, 0.1) is 12.0 Å². The van der Waals surface area contributed by atoms with Gasteiger partial charge in [0, 0.05) is 6.54 Å². The van der Waals surface area contributed by atoms with Crippen LogP contribution in [0.4, 0.5) is 4.39 Å². The summed E-state index contributed by atoms with van der Waals surface area (Å²) >= 11 is 0. The molecule has 18 heavy (non-hydrogen) atoms. The van der Waals surface area contributed by atoms with Crippen LogP contribution in [0.5, 0.6) is 0 Å². The Labute approximate surface area is 107 Å². The second-order valence-corrected chi connectivity index (χ2v) is 5.05. The Bertz CT molecular complexity index is 428. The van der Waals surface area contributed by atoms with E-state index >= 15 is 0 Å². The topological polar surface area (TPSA) is 55.1 Å². The van der Waals surface area contributed by atoms with Crippen molar-refractivity contribution in [1.82, 2.24) is 5.32 Å². The maximum absolute atomic E-state index is 13.0. The van der Waals surface area contributed by atoms with E-state index in [-0.39, 0.29) is 23.7 Å². The predicted molar refractivity (Wildman–Crippen MR) is 68.5 cm³/mol. The zero-order valence-electron chi connectivity index (χ0n) is 10.4. The number of hydrogen-bond donors (Lipinski definition) is 2. The number of amides is 1. The van der Waals surface area contributed by atoms with Crippen LogP contribution >= 0.6 is 0 Å². The number of carbonyl (C=O) groups excluding carboxylic acids is 1. The van der Waals surface area contributed by atoms with Crippen LogP contribution in [-0.2, 0) is 11.2 Å². The molecule has 3 N–H and O–H groups in total. The van der Waals surface area contributed by atoms with Crippen molar-refractivity contribution in [2.45, 2.75) is 37.6 Å². The molecule has 1 aliphatic carbocycles. The van der Waals surface area contributed by atoms with E-state index in [0.29, 0.717) is 12.1 Å². The van der Waals surface area contributed by atoms with Crippen molar-refractivity contribution in [2.24, 2.45) is 5.73 Å². The molecule has 2 rings (SSSR count). The first-order chi connectivity index (χ1) is 8.63. The molecule has 0 heterocycles. The highest BCUT2D eigenvalue weighted by Crippen LogP contribution is 2.28. The highest BCUT2D eigenvalue weighted by atomic mass is 19.1. The molecule has 1 aromatic carbocycles. The minimum Gasteiger partial charge on any atom is -0.349 e. The van der Waals surface area contributed by atoms with Crippen LogP contribution in [0.2, 0.25) is 0 Å². The normalized spacial score (nSPS) is 17.7. The molecular formula is C14H19FN2O. The van der Waals surface area contributed by atoms with Gasteiger partial charge in [0.25, 0.3) is 0 Å². The van der Waals surface area contributed by atoms with Crippen molar-refractivity contribution in [3.8, 4) is 0 Å². The fourth-order valence-electron chi connectivity index (χ4n) is 2.60. The average Bonchev–Trinajstić information content (AvgIpc) is 2.78. The number of benzene rings is 1. The second-order valence-electron chi connectivity index (χ2n) is 5.05. The van der Waals surface area contributed by atoms with Gasteiger partial charge < -0.3 is 11.1 Å². The Morgan fingerprint density at radius 3 is 2.72 bits per heavy atom. The van der Waals surface area contributed by atoms with Gasteiger partial charge in [-0.05, 0) is 30.5 Å². The molecule has 3 nitrogen and oxygen atoms in total. The molecule has 0 aromatic heterocycles. The summed E-state index contributed by atoms with van der Waals surface area (Å²) in [5.74, 6) is -0.386. The van der Waals surface area contributed by atoms with Crippen LogP contribution in [0.1, 0.15) is 31.2 Å². The maximum atomic E-state index is 13.0. The lowest BCUT2D eigenvalue weighted by Gasteiger charge is -2.28. The van der Waals surface area contributed by atoms with Crippen molar-refractivity contribution >= 4 is 5.91 Å². The molecule has 0 bridgehead atoms. The van der Waals surface area contributed by atoms with Gasteiger partial charge >= 0.3 is 0 Å². The summed E-state index contributed by atoms with van der Waals surface area (Å²) in [6.45, 7) is 0.474. The van der Waals surface area contributed by atoms with Gasteiger partial charge in [0.15, 0.2) is 0 Å². The third-order valence-corrected chi connectivity index (χ3v) is 3.61. The molecule has 1 saturated carbocycles. The Kier molecular flexibility index (Phi) is 3.97. The molecule has 4 heteroatoms. The van der Waals surface area contributed by atoms with E-state index in [1.54, 1.807) is 12.1 Å². The highest BCUT2D eigenvalue weighted by Gasteiger charge is 2.33. The summed E-state index contributed by atoms with van der Waals surface area (Å²) in [5.41, 5.74) is 6.22. The van der Waals surface area contributed by atoms with Gasteiger partial charge in [-0.3, -0.25) is 4.79 Å². The summed E-state index contributed by atoms with van der Waals surface area (Å²) in [4.78, 5) is 12.0. The largest absolute Gasteiger partial charge is 0.349 e. The Morgan fingerprint density at radius 2 is 2.11 bits per heavy atom. The first-order valence-corrected chi connectivity index (χ1v) is 6.39. The number of rotatable bonds is 4. The average molecular weight is 250 g/mol. The van der Waals surface area contributed by atoms with Crippen molar-refractivity contribution in [2.75, 3.05) is 6.54 Å². The predicted octanol–water partition coefficient (Wildman–Crippen LogP) is 1.76. The molecule has 0 atom stereocenters. The summed E-state index contributed by atoms with van der Waals surface area (Å²) in [6, 6.07) is 6.14. The minimum atomic E-state index is -0.310. The SMILES string of the molecule is NCC1(NC(=O)Cc2cccc(F)c2)CCCC1. The lowest BCUT2D eigenvalue weighted by atomic mass is 9.97. The number of nitrogens with one attached hydrogen (secondary N) is 1. The number of carbonyl (C=O) groups is 1. The fourth-order valence-corrected chi connectivity index (χ4v) is 2.60. The smallest absolute Gasteiger partial charge is 0.224 e. The summed E-state index contributed by atoms with van der Waals surface area (Å²) in [5, 5.41) is 3.02. The molecule has 0 saturated heterocycles. The fraction of sp³-hybridized carbons (Fsp3) is 0.500. The quantitative estimate of drug-likeness (QED) is 0.855. The van der Waals surface area contributed by atoms with E-state index in [9.17, 15) is 9.18 Å². The van der Waals surface area contributed by atoms with Crippen molar-refractivity contribution in [3.63, 3.8) is 0 Å². The van der Waals surface area contributed by atoms with Crippen molar-refractivity contribution < 1.29 is 9.18 Å². The van der Waals surface area contributed by atoms with Crippen LogP contribution in [0.3, 0.4) is 0 Å².